The van der Waals surface area contributed by atoms with Gasteiger partial charge in [-0.1, -0.05) is 17.7 Å². The lowest BCUT2D eigenvalue weighted by Crippen LogP contribution is -2.40. The summed E-state index contributed by atoms with van der Waals surface area (Å²) in [7, 11) is 0. The second-order valence-corrected chi connectivity index (χ2v) is 8.36. The maximum atomic E-state index is 12.8. The molecule has 1 fully saturated rings. The second-order valence-electron chi connectivity index (χ2n) is 7.92. The van der Waals surface area contributed by atoms with Gasteiger partial charge in [0.15, 0.2) is 0 Å². The average Bonchev–Trinajstić information content (AvgIpc) is 3.07. The minimum atomic E-state index is -4.32. The van der Waals surface area contributed by atoms with Crippen molar-refractivity contribution in [3.05, 3.63) is 34.3 Å². The van der Waals surface area contributed by atoms with Gasteiger partial charge in [-0.3, -0.25) is 4.79 Å². The highest BCUT2D eigenvalue weighted by molar-refractivity contribution is 6.30. The van der Waals surface area contributed by atoms with E-state index < -0.39 is 35.7 Å². The Morgan fingerprint density at radius 1 is 1.17 bits per heavy atom. The van der Waals surface area contributed by atoms with Gasteiger partial charge in [0.2, 0.25) is 5.91 Å². The number of nitrogens with one attached hydrogen (secondary N) is 3. The first-order chi connectivity index (χ1) is 13.3. The van der Waals surface area contributed by atoms with Crippen molar-refractivity contribution in [3.63, 3.8) is 0 Å². The third-order valence-electron chi connectivity index (χ3n) is 4.35. The molecule has 6 nitrogen and oxygen atoms in total. The van der Waals surface area contributed by atoms with Gasteiger partial charge in [0.25, 0.3) is 0 Å². The molecule has 0 spiro atoms. The van der Waals surface area contributed by atoms with E-state index in [9.17, 15) is 22.8 Å². The number of alkyl carbamates (subject to hydrolysis) is 1. The fourth-order valence-corrected chi connectivity index (χ4v) is 3.10. The summed E-state index contributed by atoms with van der Waals surface area (Å²) in [5.74, 6) is -2.04. The largest absolute Gasteiger partial charge is 0.444 e. The summed E-state index contributed by atoms with van der Waals surface area (Å²) in [5.41, 5.74) is 0.712. The molecule has 2 atom stereocenters. The fraction of sp³-hybridized carbons (Fsp3) is 0.579. The Morgan fingerprint density at radius 3 is 2.41 bits per heavy atom. The highest BCUT2D eigenvalue weighted by Gasteiger charge is 2.45. The monoisotopic (exact) mass is 435 g/mol. The van der Waals surface area contributed by atoms with Gasteiger partial charge in [-0.15, -0.1) is 0 Å². The summed E-state index contributed by atoms with van der Waals surface area (Å²) in [5, 5.41) is 8.30. The number of carbonyl (C=O) groups is 2. The van der Waals surface area contributed by atoms with E-state index >= 15 is 0 Å². The molecule has 0 unspecified atom stereocenters. The van der Waals surface area contributed by atoms with Crippen LogP contribution >= 0.6 is 11.6 Å². The Labute approximate surface area is 172 Å². The van der Waals surface area contributed by atoms with Gasteiger partial charge in [0.05, 0.1) is 12.0 Å². The molecule has 1 heterocycles. The Kier molecular flexibility index (Phi) is 7.40. The van der Waals surface area contributed by atoms with Crippen molar-refractivity contribution in [2.75, 3.05) is 6.54 Å². The van der Waals surface area contributed by atoms with Crippen LogP contribution in [0.25, 0.3) is 0 Å². The zero-order valence-electron chi connectivity index (χ0n) is 16.5. The molecule has 29 heavy (non-hydrogen) atoms. The van der Waals surface area contributed by atoms with Crippen LogP contribution in [0.15, 0.2) is 18.2 Å². The van der Waals surface area contributed by atoms with Crippen LogP contribution in [0.2, 0.25) is 5.02 Å². The van der Waals surface area contributed by atoms with E-state index in [2.05, 4.69) is 16.0 Å². The molecule has 10 heteroatoms. The van der Waals surface area contributed by atoms with Crippen molar-refractivity contribution in [3.8, 4) is 0 Å². The first-order valence-electron chi connectivity index (χ1n) is 9.17. The predicted octanol–water partition coefficient (Wildman–Crippen LogP) is 3.52. The van der Waals surface area contributed by atoms with E-state index in [0.717, 1.165) is 0 Å². The molecule has 162 valence electrons. The molecule has 1 aromatic carbocycles. The molecular weight excluding hydrogens is 411 g/mol. The van der Waals surface area contributed by atoms with Crippen LogP contribution in [-0.4, -0.2) is 36.4 Å². The maximum Gasteiger partial charge on any atom is 0.407 e. The van der Waals surface area contributed by atoms with Gasteiger partial charge < -0.3 is 20.7 Å². The van der Waals surface area contributed by atoms with E-state index in [4.69, 9.17) is 16.3 Å². The molecule has 0 radical (unpaired) electrons. The van der Waals surface area contributed by atoms with Crippen LogP contribution in [0.1, 0.15) is 38.3 Å². The standard InChI is InChI=1S/C19H25ClF3N3O3/c1-18(2,3)29-17(28)26-8-11-4-5-14(20)6-12(11)9-25-16(27)15-7-13(10-24-15)19(21,22)23/h4-6,13,15,24H,7-10H2,1-3H3,(H,25,27)(H,26,28)/t13-,15-/m0/s1. The fourth-order valence-electron chi connectivity index (χ4n) is 2.90. The van der Waals surface area contributed by atoms with Crippen LogP contribution in [0.5, 0.6) is 0 Å². The lowest BCUT2D eigenvalue weighted by atomic mass is 10.0. The number of rotatable bonds is 5. The van der Waals surface area contributed by atoms with Crippen LogP contribution in [-0.2, 0) is 22.6 Å². The van der Waals surface area contributed by atoms with Crippen molar-refractivity contribution in [2.45, 2.75) is 58.1 Å². The molecule has 1 saturated heterocycles. The summed E-state index contributed by atoms with van der Waals surface area (Å²) in [6.07, 6.45) is -5.20. The van der Waals surface area contributed by atoms with Crippen LogP contribution in [0.4, 0.5) is 18.0 Å². The van der Waals surface area contributed by atoms with Crippen LogP contribution in [0, 0.1) is 5.92 Å². The number of hydrogen-bond donors (Lipinski definition) is 3. The number of benzene rings is 1. The summed E-state index contributed by atoms with van der Waals surface area (Å²) in [6.45, 7) is 5.18. The number of hydrogen-bond acceptors (Lipinski definition) is 4. The van der Waals surface area contributed by atoms with Crippen molar-refractivity contribution in [1.82, 2.24) is 16.0 Å². The van der Waals surface area contributed by atoms with Gasteiger partial charge in [-0.05, 0) is 50.5 Å². The van der Waals surface area contributed by atoms with Crippen LogP contribution in [0.3, 0.4) is 0 Å². The number of halogens is 4. The van der Waals surface area contributed by atoms with Crippen molar-refractivity contribution in [2.24, 2.45) is 5.92 Å². The quantitative estimate of drug-likeness (QED) is 0.661. The Hall–Kier alpha value is -2.00. The SMILES string of the molecule is CC(C)(C)OC(=O)NCc1ccc(Cl)cc1CNC(=O)[C@@H]1C[C@H](C(F)(F)F)CN1. The zero-order valence-corrected chi connectivity index (χ0v) is 17.2. The summed E-state index contributed by atoms with van der Waals surface area (Å²) in [4.78, 5) is 24.1. The zero-order chi connectivity index (χ0) is 21.8. The first-order valence-corrected chi connectivity index (χ1v) is 9.55. The molecule has 1 aliphatic heterocycles. The Bertz CT molecular complexity index is 750. The lowest BCUT2D eigenvalue weighted by molar-refractivity contribution is -0.169. The molecule has 1 aromatic rings. The number of alkyl halides is 3. The number of carbonyl (C=O) groups excluding carboxylic acids is 2. The highest BCUT2D eigenvalue weighted by Crippen LogP contribution is 2.32. The molecule has 1 aliphatic rings. The lowest BCUT2D eigenvalue weighted by Gasteiger charge is -2.20. The topological polar surface area (TPSA) is 79.5 Å². The van der Waals surface area contributed by atoms with Gasteiger partial charge in [0, 0.05) is 24.7 Å². The minimum absolute atomic E-state index is 0.0690. The molecule has 0 aromatic heterocycles. The van der Waals surface area contributed by atoms with E-state index in [1.165, 1.54) is 0 Å². The van der Waals surface area contributed by atoms with Crippen molar-refractivity contribution < 1.29 is 27.5 Å². The predicted molar refractivity (Wildman–Crippen MR) is 102 cm³/mol. The van der Waals surface area contributed by atoms with Gasteiger partial charge in [-0.2, -0.15) is 13.2 Å². The minimum Gasteiger partial charge on any atom is -0.444 e. The molecule has 2 amide bonds. The average molecular weight is 436 g/mol. The normalized spacial score (nSPS) is 19.7. The van der Waals surface area contributed by atoms with E-state index in [0.29, 0.717) is 16.1 Å². The van der Waals surface area contributed by atoms with Crippen molar-refractivity contribution in [1.29, 1.82) is 0 Å². The van der Waals surface area contributed by atoms with Crippen LogP contribution < -0.4 is 16.0 Å². The molecular formula is C19H25ClF3N3O3. The summed E-state index contributed by atoms with van der Waals surface area (Å²) < 4.78 is 43.5. The molecule has 0 bridgehead atoms. The first kappa shape index (κ1) is 23.3. The molecule has 0 saturated carbocycles. The Balaban J connectivity index is 1.94. The second kappa shape index (κ2) is 9.21. The third kappa shape index (κ3) is 7.40. The highest BCUT2D eigenvalue weighted by atomic mass is 35.5. The maximum absolute atomic E-state index is 12.8. The van der Waals surface area contributed by atoms with E-state index in [1.54, 1.807) is 39.0 Å². The smallest absolute Gasteiger partial charge is 0.407 e. The van der Waals surface area contributed by atoms with Gasteiger partial charge in [0.1, 0.15) is 5.60 Å². The Morgan fingerprint density at radius 2 is 1.83 bits per heavy atom. The summed E-state index contributed by atoms with van der Waals surface area (Å²) in [6, 6.07) is 4.08. The number of ether oxygens (including phenoxy) is 1. The molecule has 0 aliphatic carbocycles. The van der Waals surface area contributed by atoms with Gasteiger partial charge >= 0.3 is 12.3 Å². The third-order valence-corrected chi connectivity index (χ3v) is 4.59. The summed E-state index contributed by atoms with van der Waals surface area (Å²) >= 11 is 6.02. The molecule has 3 N–H and O–H groups in total. The van der Waals surface area contributed by atoms with Gasteiger partial charge in [-0.25, -0.2) is 4.79 Å². The van der Waals surface area contributed by atoms with E-state index in [-0.39, 0.29) is 26.1 Å². The van der Waals surface area contributed by atoms with E-state index in [1.807, 2.05) is 0 Å². The molecule has 2 rings (SSSR count). The number of amides is 2. The van der Waals surface area contributed by atoms with Crippen molar-refractivity contribution >= 4 is 23.6 Å².